The van der Waals surface area contributed by atoms with E-state index in [0.29, 0.717) is 11.3 Å². The summed E-state index contributed by atoms with van der Waals surface area (Å²) in [5.41, 5.74) is 5.55. The van der Waals surface area contributed by atoms with E-state index in [9.17, 15) is 0 Å². The molecular formula is C12H16BN3O2. The van der Waals surface area contributed by atoms with Crippen LogP contribution in [0, 0.1) is 11.3 Å². The lowest BCUT2D eigenvalue weighted by Gasteiger charge is -2.32. The molecule has 1 aliphatic heterocycles. The molecule has 1 saturated heterocycles. The quantitative estimate of drug-likeness (QED) is 0.741. The van der Waals surface area contributed by atoms with E-state index < -0.39 is 18.3 Å². The number of aromatic nitrogens is 1. The van der Waals surface area contributed by atoms with Crippen LogP contribution in [0.2, 0.25) is 0 Å². The van der Waals surface area contributed by atoms with Crippen molar-refractivity contribution in [3.05, 3.63) is 17.8 Å². The highest BCUT2D eigenvalue weighted by Crippen LogP contribution is 2.36. The smallest absolute Gasteiger partial charge is 0.399 e. The van der Waals surface area contributed by atoms with Crippen molar-refractivity contribution in [3.63, 3.8) is 0 Å². The van der Waals surface area contributed by atoms with Crippen LogP contribution in [0.25, 0.3) is 0 Å². The van der Waals surface area contributed by atoms with Gasteiger partial charge >= 0.3 is 7.12 Å². The summed E-state index contributed by atoms with van der Waals surface area (Å²) in [5.74, 6) is 0.312. The fraction of sp³-hybridized carbons (Fsp3) is 0.500. The van der Waals surface area contributed by atoms with E-state index >= 15 is 0 Å². The maximum Gasteiger partial charge on any atom is 0.497 e. The molecule has 0 atom stereocenters. The second-order valence-electron chi connectivity index (χ2n) is 5.37. The van der Waals surface area contributed by atoms with Crippen LogP contribution in [-0.4, -0.2) is 23.3 Å². The van der Waals surface area contributed by atoms with Gasteiger partial charge in [-0.15, -0.1) is 0 Å². The lowest BCUT2D eigenvalue weighted by molar-refractivity contribution is 0.00578. The molecule has 1 aliphatic rings. The molecule has 0 radical (unpaired) electrons. The van der Waals surface area contributed by atoms with Gasteiger partial charge in [0.15, 0.2) is 0 Å². The van der Waals surface area contributed by atoms with Crippen LogP contribution in [0.4, 0.5) is 5.82 Å². The molecule has 94 valence electrons. The molecule has 18 heavy (non-hydrogen) atoms. The topological polar surface area (TPSA) is 81.2 Å². The third-order valence-corrected chi connectivity index (χ3v) is 3.56. The third kappa shape index (κ3) is 1.96. The van der Waals surface area contributed by atoms with Gasteiger partial charge in [0, 0.05) is 5.46 Å². The number of hydrogen-bond donors (Lipinski definition) is 1. The van der Waals surface area contributed by atoms with Crippen LogP contribution in [-0.2, 0) is 9.31 Å². The van der Waals surface area contributed by atoms with Crippen LogP contribution in [0.15, 0.2) is 12.1 Å². The molecule has 0 saturated carbocycles. The zero-order valence-electron chi connectivity index (χ0n) is 11.0. The molecule has 0 spiro atoms. The van der Waals surface area contributed by atoms with E-state index in [0.717, 1.165) is 0 Å². The molecule has 2 heterocycles. The van der Waals surface area contributed by atoms with Crippen molar-refractivity contribution < 1.29 is 9.31 Å². The van der Waals surface area contributed by atoms with Gasteiger partial charge in [-0.05, 0) is 33.8 Å². The molecule has 0 aliphatic carbocycles. The molecule has 1 fully saturated rings. The SMILES string of the molecule is CC1(C)OB(c2ccc(N)nc2C#N)OC1(C)C. The monoisotopic (exact) mass is 245 g/mol. The fourth-order valence-electron chi connectivity index (χ4n) is 1.73. The van der Waals surface area contributed by atoms with Gasteiger partial charge in [-0.25, -0.2) is 4.98 Å². The predicted molar refractivity (Wildman–Crippen MR) is 69.1 cm³/mol. The summed E-state index contributed by atoms with van der Waals surface area (Å²) in [5, 5.41) is 9.08. The Morgan fingerprint density at radius 3 is 2.28 bits per heavy atom. The average Bonchev–Trinajstić information content (AvgIpc) is 2.47. The highest BCUT2D eigenvalue weighted by molar-refractivity contribution is 6.62. The number of nitrogens with two attached hydrogens (primary N) is 1. The number of anilines is 1. The maximum atomic E-state index is 9.08. The van der Waals surface area contributed by atoms with Crippen molar-refractivity contribution in [2.75, 3.05) is 5.73 Å². The van der Waals surface area contributed by atoms with E-state index in [-0.39, 0.29) is 5.69 Å². The van der Waals surface area contributed by atoms with Crippen LogP contribution < -0.4 is 11.2 Å². The summed E-state index contributed by atoms with van der Waals surface area (Å²) < 4.78 is 11.8. The number of pyridine rings is 1. The molecule has 2 N–H and O–H groups in total. The molecule has 0 aromatic carbocycles. The summed E-state index contributed by atoms with van der Waals surface area (Å²) in [6.07, 6.45) is 0. The minimum Gasteiger partial charge on any atom is -0.399 e. The first kappa shape index (κ1) is 12.9. The van der Waals surface area contributed by atoms with Crippen molar-refractivity contribution in [2.24, 2.45) is 0 Å². The molecule has 5 nitrogen and oxygen atoms in total. The van der Waals surface area contributed by atoms with Crippen molar-refractivity contribution in [1.29, 1.82) is 5.26 Å². The van der Waals surface area contributed by atoms with Crippen LogP contribution >= 0.6 is 0 Å². The average molecular weight is 245 g/mol. The number of hydrogen-bond acceptors (Lipinski definition) is 5. The molecular weight excluding hydrogens is 229 g/mol. The Labute approximate surface area is 107 Å². The predicted octanol–water partition coefficient (Wildman–Crippen LogP) is 0.835. The summed E-state index contributed by atoms with van der Waals surface area (Å²) >= 11 is 0. The molecule has 0 unspecified atom stereocenters. The molecule has 2 rings (SSSR count). The van der Waals surface area contributed by atoms with Gasteiger partial charge in [0.1, 0.15) is 17.6 Å². The first-order valence-corrected chi connectivity index (χ1v) is 5.79. The molecule has 0 bridgehead atoms. The highest BCUT2D eigenvalue weighted by atomic mass is 16.7. The van der Waals surface area contributed by atoms with E-state index in [1.54, 1.807) is 12.1 Å². The van der Waals surface area contributed by atoms with Gasteiger partial charge in [0.05, 0.1) is 11.2 Å². The zero-order chi connectivity index (χ0) is 13.6. The Kier molecular flexibility index (Phi) is 2.84. The number of nitrogens with zero attached hydrogens (tertiary/aromatic N) is 2. The summed E-state index contributed by atoms with van der Waals surface area (Å²) in [4.78, 5) is 3.99. The highest BCUT2D eigenvalue weighted by Gasteiger charge is 2.52. The van der Waals surface area contributed by atoms with Crippen LogP contribution in [0.3, 0.4) is 0 Å². The van der Waals surface area contributed by atoms with Crippen LogP contribution in [0.1, 0.15) is 33.4 Å². The minimum absolute atomic E-state index is 0.244. The molecule has 1 aromatic heterocycles. The lowest BCUT2D eigenvalue weighted by Crippen LogP contribution is -2.41. The number of nitriles is 1. The van der Waals surface area contributed by atoms with Gasteiger partial charge in [0.2, 0.25) is 0 Å². The molecule has 6 heteroatoms. The normalized spacial score (nSPS) is 20.7. The van der Waals surface area contributed by atoms with Crippen LogP contribution in [0.5, 0.6) is 0 Å². The molecule has 0 amide bonds. The number of nitrogen functional groups attached to an aromatic ring is 1. The molecule has 1 aromatic rings. The lowest BCUT2D eigenvalue weighted by atomic mass is 9.78. The fourth-order valence-corrected chi connectivity index (χ4v) is 1.73. The van der Waals surface area contributed by atoms with Crippen molar-refractivity contribution in [2.45, 2.75) is 38.9 Å². The Morgan fingerprint density at radius 1 is 1.22 bits per heavy atom. The zero-order valence-corrected chi connectivity index (χ0v) is 11.0. The largest absolute Gasteiger partial charge is 0.497 e. The maximum absolute atomic E-state index is 9.08. The Morgan fingerprint density at radius 2 is 1.78 bits per heavy atom. The summed E-state index contributed by atoms with van der Waals surface area (Å²) in [6, 6.07) is 5.38. The second kappa shape index (κ2) is 3.97. The Bertz CT molecular complexity index is 507. The van der Waals surface area contributed by atoms with Gasteiger partial charge in [-0.2, -0.15) is 5.26 Å². The van der Waals surface area contributed by atoms with Crippen molar-refractivity contribution in [3.8, 4) is 6.07 Å². The standard InChI is InChI=1S/C12H16BN3O2/c1-11(2)12(3,4)18-13(17-11)8-5-6-10(15)16-9(8)7-14/h5-6H,1-4H3,(H2,15,16). The van der Waals surface area contributed by atoms with Gasteiger partial charge < -0.3 is 15.0 Å². The Balaban J connectivity index is 2.39. The first-order valence-electron chi connectivity index (χ1n) is 5.79. The second-order valence-corrected chi connectivity index (χ2v) is 5.37. The summed E-state index contributed by atoms with van der Waals surface area (Å²) in [6.45, 7) is 7.85. The summed E-state index contributed by atoms with van der Waals surface area (Å²) in [7, 11) is -0.585. The van der Waals surface area contributed by atoms with E-state index in [4.69, 9.17) is 20.3 Å². The Hall–Kier alpha value is -1.58. The van der Waals surface area contributed by atoms with Gasteiger partial charge in [-0.1, -0.05) is 6.07 Å². The van der Waals surface area contributed by atoms with Crippen molar-refractivity contribution >= 4 is 18.4 Å². The first-order chi connectivity index (χ1) is 8.27. The number of rotatable bonds is 1. The van der Waals surface area contributed by atoms with E-state index in [2.05, 4.69) is 4.98 Å². The minimum atomic E-state index is -0.585. The van der Waals surface area contributed by atoms with E-state index in [1.807, 2.05) is 33.8 Å². The third-order valence-electron chi connectivity index (χ3n) is 3.56. The van der Waals surface area contributed by atoms with E-state index in [1.165, 1.54) is 0 Å². The van der Waals surface area contributed by atoms with Gasteiger partial charge in [0.25, 0.3) is 0 Å². The van der Waals surface area contributed by atoms with Gasteiger partial charge in [-0.3, -0.25) is 0 Å². The van der Waals surface area contributed by atoms with Crippen molar-refractivity contribution in [1.82, 2.24) is 4.98 Å².